The molecule has 9 heteroatoms. The zero-order valence-electron chi connectivity index (χ0n) is 17.7. The molecule has 1 aliphatic heterocycles. The lowest BCUT2D eigenvalue weighted by molar-refractivity contribution is 0.171. The molecule has 1 aliphatic rings. The maximum Gasteiger partial charge on any atom is 0.302 e. The number of ether oxygens (including phenoxy) is 3. The van der Waals surface area contributed by atoms with E-state index in [1.165, 1.54) is 12.1 Å². The topological polar surface area (TPSA) is 91.7 Å². The van der Waals surface area contributed by atoms with Crippen molar-refractivity contribution in [1.29, 1.82) is 0 Å². The summed E-state index contributed by atoms with van der Waals surface area (Å²) in [7, 11) is -3.79. The average Bonchev–Trinajstić information content (AvgIpc) is 3.17. The number of rotatable bonds is 7. The normalized spacial score (nSPS) is 14.3. The number of hydrogen-bond acceptors (Lipinski definition) is 6. The smallest absolute Gasteiger partial charge is 0.302 e. The van der Waals surface area contributed by atoms with Crippen LogP contribution in [-0.2, 0) is 16.6 Å². The van der Waals surface area contributed by atoms with Crippen molar-refractivity contribution in [2.45, 2.75) is 38.3 Å². The molecule has 2 aromatic carbocycles. The Balaban J connectivity index is 1.54. The Morgan fingerprint density at radius 3 is 2.55 bits per heavy atom. The monoisotopic (exact) mass is 443 g/mol. The van der Waals surface area contributed by atoms with Crippen LogP contribution >= 0.6 is 0 Å². The molecular weight excluding hydrogens is 418 g/mol. The van der Waals surface area contributed by atoms with E-state index in [1.54, 1.807) is 19.2 Å². The highest BCUT2D eigenvalue weighted by Gasteiger charge is 2.24. The van der Waals surface area contributed by atoms with Gasteiger partial charge in [-0.25, -0.2) is 18.1 Å². The summed E-state index contributed by atoms with van der Waals surface area (Å²) in [6, 6.07) is 12.1. The molecule has 0 fully saturated rings. The Morgan fingerprint density at radius 1 is 1.13 bits per heavy atom. The highest BCUT2D eigenvalue weighted by molar-refractivity contribution is 7.89. The quantitative estimate of drug-likeness (QED) is 0.597. The molecule has 0 amide bonds. The van der Waals surface area contributed by atoms with Crippen LogP contribution in [0.4, 0.5) is 0 Å². The predicted molar refractivity (Wildman–Crippen MR) is 115 cm³/mol. The van der Waals surface area contributed by atoms with Crippen molar-refractivity contribution in [3.63, 3.8) is 0 Å². The first kappa shape index (κ1) is 21.2. The molecule has 2 heterocycles. The van der Waals surface area contributed by atoms with E-state index in [-0.39, 0.29) is 4.90 Å². The van der Waals surface area contributed by atoms with Crippen molar-refractivity contribution in [3.8, 4) is 23.3 Å². The number of nitrogens with zero attached hydrogens (tertiary/aromatic N) is 2. The van der Waals surface area contributed by atoms with Crippen LogP contribution in [0.25, 0.3) is 0 Å². The van der Waals surface area contributed by atoms with E-state index >= 15 is 0 Å². The largest absolute Gasteiger partial charge is 0.486 e. The third-order valence-electron chi connectivity index (χ3n) is 5.00. The van der Waals surface area contributed by atoms with Gasteiger partial charge in [0.25, 0.3) is 0 Å². The summed E-state index contributed by atoms with van der Waals surface area (Å²) in [6.07, 6.45) is 1.63. The second-order valence-corrected chi connectivity index (χ2v) is 8.99. The van der Waals surface area contributed by atoms with Crippen LogP contribution < -0.4 is 18.9 Å². The highest BCUT2D eigenvalue weighted by Crippen LogP contribution is 2.33. The van der Waals surface area contributed by atoms with Crippen LogP contribution in [0, 0.1) is 6.92 Å². The molecule has 1 aromatic heterocycles. The molecule has 0 saturated heterocycles. The first-order chi connectivity index (χ1) is 14.9. The zero-order valence-corrected chi connectivity index (χ0v) is 18.5. The van der Waals surface area contributed by atoms with Crippen LogP contribution in [0.3, 0.4) is 0 Å². The number of aryl methyl sites for hydroxylation is 1. The van der Waals surface area contributed by atoms with Gasteiger partial charge in [-0.05, 0) is 45.0 Å². The first-order valence-corrected chi connectivity index (χ1v) is 11.6. The van der Waals surface area contributed by atoms with Gasteiger partial charge in [-0.15, -0.1) is 0 Å². The van der Waals surface area contributed by atoms with Crippen molar-refractivity contribution >= 4 is 10.0 Å². The Labute approximate surface area is 181 Å². The molecule has 31 heavy (non-hydrogen) atoms. The van der Waals surface area contributed by atoms with Gasteiger partial charge >= 0.3 is 6.01 Å². The molecule has 0 saturated carbocycles. The van der Waals surface area contributed by atoms with E-state index in [0.29, 0.717) is 48.7 Å². The fourth-order valence-corrected chi connectivity index (χ4v) is 4.61. The molecule has 1 atom stereocenters. The number of aromatic nitrogens is 2. The van der Waals surface area contributed by atoms with Crippen LogP contribution in [0.15, 0.2) is 53.6 Å². The van der Waals surface area contributed by atoms with Crippen LogP contribution in [0.5, 0.6) is 23.3 Å². The summed E-state index contributed by atoms with van der Waals surface area (Å²) in [6.45, 7) is 7.14. The van der Waals surface area contributed by atoms with E-state index in [1.807, 2.05) is 42.7 Å². The summed E-state index contributed by atoms with van der Waals surface area (Å²) in [5, 5.41) is 0. The molecule has 0 radical (unpaired) electrons. The number of benzene rings is 2. The van der Waals surface area contributed by atoms with Gasteiger partial charge in [0.05, 0.1) is 22.8 Å². The summed E-state index contributed by atoms with van der Waals surface area (Å²) in [5.74, 6) is 1.64. The number of nitrogens with one attached hydrogen (secondary N) is 1. The van der Waals surface area contributed by atoms with Gasteiger partial charge in [0.2, 0.25) is 10.0 Å². The molecule has 8 nitrogen and oxygen atoms in total. The van der Waals surface area contributed by atoms with E-state index < -0.39 is 16.1 Å². The molecule has 3 aromatic rings. The number of sulfonamides is 1. The highest BCUT2D eigenvalue weighted by atomic mass is 32.2. The number of imidazole rings is 1. The van der Waals surface area contributed by atoms with Gasteiger partial charge in [0.1, 0.15) is 19.0 Å². The van der Waals surface area contributed by atoms with Crippen molar-refractivity contribution < 1.29 is 22.6 Å². The summed E-state index contributed by atoms with van der Waals surface area (Å²) in [4.78, 5) is 4.47. The molecule has 0 spiro atoms. The average molecular weight is 444 g/mol. The van der Waals surface area contributed by atoms with E-state index in [0.717, 1.165) is 5.56 Å². The Kier molecular flexibility index (Phi) is 5.88. The van der Waals surface area contributed by atoms with Gasteiger partial charge in [0, 0.05) is 12.6 Å². The predicted octanol–water partition coefficient (Wildman–Crippen LogP) is 3.81. The van der Waals surface area contributed by atoms with Gasteiger partial charge < -0.3 is 14.2 Å². The van der Waals surface area contributed by atoms with Crippen LogP contribution in [0.1, 0.15) is 31.1 Å². The maximum absolute atomic E-state index is 13.0. The number of hydrogen-bond donors (Lipinski definition) is 1. The van der Waals surface area contributed by atoms with Crippen molar-refractivity contribution in [1.82, 2.24) is 14.3 Å². The lowest BCUT2D eigenvalue weighted by atomic mass is 10.2. The lowest BCUT2D eigenvalue weighted by Crippen LogP contribution is -2.28. The second-order valence-electron chi connectivity index (χ2n) is 7.27. The minimum absolute atomic E-state index is 0.113. The second kappa shape index (κ2) is 8.60. The first-order valence-electron chi connectivity index (χ1n) is 10.1. The summed E-state index contributed by atoms with van der Waals surface area (Å²) < 4.78 is 47.4. The molecule has 1 N–H and O–H groups in total. The minimum Gasteiger partial charge on any atom is -0.486 e. The van der Waals surface area contributed by atoms with Gasteiger partial charge in [-0.1, -0.05) is 17.7 Å². The molecular formula is C22H25N3O5S. The minimum atomic E-state index is -3.79. The van der Waals surface area contributed by atoms with Gasteiger partial charge in [-0.2, -0.15) is 0 Å². The molecule has 1 unspecified atom stereocenters. The maximum atomic E-state index is 13.0. The van der Waals surface area contributed by atoms with Crippen LogP contribution in [-0.4, -0.2) is 31.2 Å². The van der Waals surface area contributed by atoms with E-state index in [4.69, 9.17) is 14.2 Å². The summed E-state index contributed by atoms with van der Waals surface area (Å²) >= 11 is 0. The van der Waals surface area contributed by atoms with Crippen molar-refractivity contribution in [3.05, 3.63) is 59.9 Å². The standard InChI is InChI=1S/C22H25N3O5S/c1-4-25-19(14-23-22(25)30-17-7-5-15(2)6-8-17)16(3)24-31(26,27)18-9-10-20-21(13-18)29-12-11-28-20/h5-10,13-14,16,24H,4,11-12H2,1-3H3. The van der Waals surface area contributed by atoms with Crippen molar-refractivity contribution in [2.75, 3.05) is 13.2 Å². The van der Waals surface area contributed by atoms with E-state index in [2.05, 4.69) is 9.71 Å². The Morgan fingerprint density at radius 2 is 1.84 bits per heavy atom. The fourth-order valence-electron chi connectivity index (χ4n) is 3.38. The molecule has 0 bridgehead atoms. The zero-order chi connectivity index (χ0) is 22.0. The van der Waals surface area contributed by atoms with E-state index in [9.17, 15) is 8.42 Å². The third kappa shape index (κ3) is 4.52. The molecule has 4 rings (SSSR count). The Bertz CT molecular complexity index is 1170. The molecule has 164 valence electrons. The summed E-state index contributed by atoms with van der Waals surface area (Å²) in [5.41, 5.74) is 1.83. The van der Waals surface area contributed by atoms with Crippen molar-refractivity contribution in [2.24, 2.45) is 0 Å². The lowest BCUT2D eigenvalue weighted by Gasteiger charge is -2.20. The number of fused-ring (bicyclic) bond motifs is 1. The van der Waals surface area contributed by atoms with Gasteiger partial charge in [0.15, 0.2) is 11.5 Å². The van der Waals surface area contributed by atoms with Gasteiger partial charge in [-0.3, -0.25) is 4.57 Å². The Hall–Kier alpha value is -3.04. The SMILES string of the molecule is CCn1c(C(C)NS(=O)(=O)c2ccc3c(c2)OCCO3)cnc1Oc1ccc(C)cc1. The molecule has 0 aliphatic carbocycles. The third-order valence-corrected chi connectivity index (χ3v) is 6.53. The van der Waals surface area contributed by atoms with Crippen LogP contribution in [0.2, 0.25) is 0 Å². The fraction of sp³-hybridized carbons (Fsp3) is 0.318.